The van der Waals surface area contributed by atoms with E-state index < -0.39 is 0 Å². The molecule has 126 valence electrons. The molecule has 1 N–H and O–H groups in total. The Morgan fingerprint density at radius 2 is 1.96 bits per heavy atom. The molecule has 0 bridgehead atoms. The maximum atomic E-state index is 12.6. The summed E-state index contributed by atoms with van der Waals surface area (Å²) in [5, 5.41) is 2.73. The van der Waals surface area contributed by atoms with Crippen LogP contribution in [-0.2, 0) is 16.0 Å². The molecule has 1 aromatic heterocycles. The van der Waals surface area contributed by atoms with E-state index in [0.717, 1.165) is 24.2 Å². The van der Waals surface area contributed by atoms with Gasteiger partial charge in [-0.25, -0.2) is 0 Å². The Morgan fingerprint density at radius 3 is 2.58 bits per heavy atom. The van der Waals surface area contributed by atoms with Crippen molar-refractivity contribution < 1.29 is 14.0 Å². The molecule has 24 heavy (non-hydrogen) atoms. The summed E-state index contributed by atoms with van der Waals surface area (Å²) in [5.74, 6) is 0.560. The lowest BCUT2D eigenvalue weighted by Crippen LogP contribution is -2.42. The van der Waals surface area contributed by atoms with Crippen molar-refractivity contribution in [1.82, 2.24) is 10.2 Å². The van der Waals surface area contributed by atoms with E-state index in [-0.39, 0.29) is 36.9 Å². The number of nitrogens with one attached hydrogen (secondary N) is 1. The zero-order valence-corrected chi connectivity index (χ0v) is 13.8. The highest BCUT2D eigenvalue weighted by atomic mass is 16.3. The minimum Gasteiger partial charge on any atom is -0.467 e. The third-order valence-electron chi connectivity index (χ3n) is 4.24. The van der Waals surface area contributed by atoms with E-state index in [4.69, 9.17) is 4.42 Å². The van der Waals surface area contributed by atoms with Gasteiger partial charge in [0.1, 0.15) is 5.76 Å². The van der Waals surface area contributed by atoms with Crippen LogP contribution in [-0.4, -0.2) is 29.3 Å². The molecule has 1 aromatic carbocycles. The van der Waals surface area contributed by atoms with Gasteiger partial charge in [0.2, 0.25) is 11.8 Å². The van der Waals surface area contributed by atoms with Gasteiger partial charge < -0.3 is 14.6 Å². The Morgan fingerprint density at radius 1 is 1.21 bits per heavy atom. The van der Waals surface area contributed by atoms with Crippen molar-refractivity contribution in [3.63, 3.8) is 0 Å². The van der Waals surface area contributed by atoms with E-state index in [2.05, 4.69) is 5.32 Å². The third kappa shape index (κ3) is 4.04. The van der Waals surface area contributed by atoms with Gasteiger partial charge in [-0.05, 0) is 37.5 Å². The van der Waals surface area contributed by atoms with Crippen LogP contribution < -0.4 is 5.32 Å². The van der Waals surface area contributed by atoms with Crippen LogP contribution >= 0.6 is 0 Å². The molecule has 1 atom stereocenters. The van der Waals surface area contributed by atoms with Crippen molar-refractivity contribution in [1.29, 1.82) is 0 Å². The molecule has 2 amide bonds. The predicted octanol–water partition coefficient (Wildman–Crippen LogP) is 2.69. The minimum atomic E-state index is -0.143. The van der Waals surface area contributed by atoms with Gasteiger partial charge in [-0.2, -0.15) is 0 Å². The summed E-state index contributed by atoms with van der Waals surface area (Å²) >= 11 is 0. The summed E-state index contributed by atoms with van der Waals surface area (Å²) in [6, 6.07) is 13.3. The Kier molecular flexibility index (Phi) is 4.99. The highest BCUT2D eigenvalue weighted by molar-refractivity contribution is 5.86. The van der Waals surface area contributed by atoms with Crippen molar-refractivity contribution in [2.24, 2.45) is 0 Å². The van der Waals surface area contributed by atoms with Crippen molar-refractivity contribution in [2.45, 2.75) is 38.3 Å². The van der Waals surface area contributed by atoms with Gasteiger partial charge in [-0.1, -0.05) is 30.3 Å². The van der Waals surface area contributed by atoms with Gasteiger partial charge in [0.15, 0.2) is 0 Å². The Balaban J connectivity index is 1.55. The van der Waals surface area contributed by atoms with E-state index in [1.54, 1.807) is 6.26 Å². The van der Waals surface area contributed by atoms with Crippen molar-refractivity contribution in [2.75, 3.05) is 6.54 Å². The fourth-order valence-electron chi connectivity index (χ4n) is 2.86. The normalized spacial score (nSPS) is 14.9. The number of carbonyl (C=O) groups excluding carboxylic acids is 2. The van der Waals surface area contributed by atoms with Gasteiger partial charge in [-0.15, -0.1) is 0 Å². The molecule has 0 saturated heterocycles. The fourth-order valence-corrected chi connectivity index (χ4v) is 2.86. The topological polar surface area (TPSA) is 62.6 Å². The second kappa shape index (κ2) is 7.34. The lowest BCUT2D eigenvalue weighted by Gasteiger charge is -2.28. The number of nitrogens with zero attached hydrogens (tertiary/aromatic N) is 1. The summed E-state index contributed by atoms with van der Waals surface area (Å²) in [6.07, 6.45) is 3.91. The standard InChI is InChI=1S/C19H22N2O3/c1-14(17-8-5-11-24-17)21(16-9-10-16)19(23)13-20-18(22)12-15-6-3-2-4-7-15/h2-8,11,14,16H,9-10,12-13H2,1H3,(H,20,22). The molecule has 1 heterocycles. The van der Waals surface area contributed by atoms with Crippen molar-refractivity contribution in [3.05, 3.63) is 60.1 Å². The van der Waals surface area contributed by atoms with Crippen LogP contribution in [0.4, 0.5) is 0 Å². The van der Waals surface area contributed by atoms with Crippen LogP contribution in [0.5, 0.6) is 0 Å². The number of hydrogen-bond donors (Lipinski definition) is 1. The first-order valence-electron chi connectivity index (χ1n) is 8.30. The van der Waals surface area contributed by atoms with E-state index in [1.807, 2.05) is 54.3 Å². The largest absolute Gasteiger partial charge is 0.467 e. The highest BCUT2D eigenvalue weighted by Gasteiger charge is 2.37. The van der Waals surface area contributed by atoms with Crippen LogP contribution in [0.25, 0.3) is 0 Å². The van der Waals surface area contributed by atoms with Crippen LogP contribution in [0.15, 0.2) is 53.1 Å². The molecule has 1 saturated carbocycles. The average molecular weight is 326 g/mol. The lowest BCUT2D eigenvalue weighted by molar-refractivity contribution is -0.135. The number of benzene rings is 1. The maximum absolute atomic E-state index is 12.6. The second-order valence-corrected chi connectivity index (χ2v) is 6.16. The molecular weight excluding hydrogens is 304 g/mol. The number of amides is 2. The molecule has 5 nitrogen and oxygen atoms in total. The smallest absolute Gasteiger partial charge is 0.242 e. The van der Waals surface area contributed by atoms with E-state index in [9.17, 15) is 9.59 Å². The molecule has 1 unspecified atom stereocenters. The number of rotatable bonds is 7. The van der Waals surface area contributed by atoms with Crippen molar-refractivity contribution in [3.8, 4) is 0 Å². The van der Waals surface area contributed by atoms with Gasteiger partial charge in [0.25, 0.3) is 0 Å². The van der Waals surface area contributed by atoms with E-state index >= 15 is 0 Å². The molecule has 3 rings (SSSR count). The molecule has 1 aliphatic carbocycles. The Hall–Kier alpha value is -2.56. The minimum absolute atomic E-state index is 0.0210. The number of furan rings is 1. The van der Waals surface area contributed by atoms with Crippen LogP contribution in [0.3, 0.4) is 0 Å². The Bertz CT molecular complexity index is 678. The summed E-state index contributed by atoms with van der Waals surface area (Å²) in [5.41, 5.74) is 0.936. The van der Waals surface area contributed by atoms with Gasteiger partial charge in [-0.3, -0.25) is 9.59 Å². The van der Waals surface area contributed by atoms with Crippen LogP contribution in [0, 0.1) is 0 Å². The Labute approximate surface area is 141 Å². The lowest BCUT2D eigenvalue weighted by atomic mass is 10.1. The summed E-state index contributed by atoms with van der Waals surface area (Å²) in [7, 11) is 0. The first kappa shape index (κ1) is 16.3. The van der Waals surface area contributed by atoms with Gasteiger partial charge in [0.05, 0.1) is 25.3 Å². The summed E-state index contributed by atoms with van der Waals surface area (Å²) in [6.45, 7) is 1.98. The fraction of sp³-hybridized carbons (Fsp3) is 0.368. The molecule has 1 fully saturated rings. The summed E-state index contributed by atoms with van der Waals surface area (Å²) in [4.78, 5) is 26.4. The molecule has 0 aliphatic heterocycles. The molecular formula is C19H22N2O3. The monoisotopic (exact) mass is 326 g/mol. The van der Waals surface area contributed by atoms with Gasteiger partial charge >= 0.3 is 0 Å². The van der Waals surface area contributed by atoms with E-state index in [1.165, 1.54) is 0 Å². The number of hydrogen-bond acceptors (Lipinski definition) is 3. The first-order valence-corrected chi connectivity index (χ1v) is 8.30. The van der Waals surface area contributed by atoms with Crippen LogP contribution in [0.2, 0.25) is 0 Å². The van der Waals surface area contributed by atoms with Crippen molar-refractivity contribution >= 4 is 11.8 Å². The SMILES string of the molecule is CC(c1ccco1)N(C(=O)CNC(=O)Cc1ccccc1)C1CC1. The van der Waals surface area contributed by atoms with E-state index in [0.29, 0.717) is 0 Å². The second-order valence-electron chi connectivity index (χ2n) is 6.16. The highest BCUT2D eigenvalue weighted by Crippen LogP contribution is 2.34. The quantitative estimate of drug-likeness (QED) is 0.851. The van der Waals surface area contributed by atoms with Gasteiger partial charge in [0, 0.05) is 6.04 Å². The summed E-state index contributed by atoms with van der Waals surface area (Å²) < 4.78 is 5.43. The average Bonchev–Trinajstić information content (AvgIpc) is 3.25. The zero-order valence-electron chi connectivity index (χ0n) is 13.8. The predicted molar refractivity (Wildman–Crippen MR) is 90.1 cm³/mol. The molecule has 2 aromatic rings. The molecule has 5 heteroatoms. The zero-order chi connectivity index (χ0) is 16.9. The van der Waals surface area contributed by atoms with Crippen LogP contribution in [0.1, 0.15) is 37.1 Å². The molecule has 0 radical (unpaired) electrons. The third-order valence-corrected chi connectivity index (χ3v) is 4.24. The number of carbonyl (C=O) groups is 2. The maximum Gasteiger partial charge on any atom is 0.242 e. The molecule has 1 aliphatic rings. The molecule has 0 spiro atoms. The first-order chi connectivity index (χ1) is 11.6.